The highest BCUT2D eigenvalue weighted by Gasteiger charge is 2.53. The molecule has 4 rings (SSSR count). The van der Waals surface area contributed by atoms with Gasteiger partial charge in [0.15, 0.2) is 5.65 Å². The number of rotatable bonds is 4. The molecule has 0 atom stereocenters. The summed E-state index contributed by atoms with van der Waals surface area (Å²) in [5, 5.41) is 13.8. The number of aromatic nitrogens is 4. The molecule has 0 amide bonds. The number of hydrogen-bond acceptors (Lipinski definition) is 4. The van der Waals surface area contributed by atoms with E-state index in [1.165, 1.54) is 31.7 Å². The van der Waals surface area contributed by atoms with Gasteiger partial charge in [0.25, 0.3) is 5.82 Å². The molecule has 112 valence electrons. The van der Waals surface area contributed by atoms with Crippen molar-refractivity contribution < 1.29 is 13.2 Å². The van der Waals surface area contributed by atoms with Crippen LogP contribution in [0.4, 0.5) is 19.0 Å². The summed E-state index contributed by atoms with van der Waals surface area (Å²) in [6, 6.07) is 3.14. The van der Waals surface area contributed by atoms with E-state index in [4.69, 9.17) is 0 Å². The van der Waals surface area contributed by atoms with Crippen molar-refractivity contribution in [3.05, 3.63) is 18.0 Å². The van der Waals surface area contributed by atoms with Gasteiger partial charge in [-0.1, -0.05) is 0 Å². The topological polar surface area (TPSA) is 55.1 Å². The Morgan fingerprint density at radius 3 is 2.62 bits per heavy atom. The zero-order valence-electron chi connectivity index (χ0n) is 11.2. The first kappa shape index (κ1) is 12.8. The average Bonchev–Trinajstić information content (AvgIpc) is 3.31. The van der Waals surface area contributed by atoms with Crippen LogP contribution in [0.3, 0.4) is 0 Å². The Bertz CT molecular complexity index is 685. The van der Waals surface area contributed by atoms with E-state index in [2.05, 4.69) is 20.6 Å². The number of nitrogens with zero attached hydrogens (tertiary/aromatic N) is 4. The molecule has 0 spiro atoms. The monoisotopic (exact) mass is 297 g/mol. The van der Waals surface area contributed by atoms with E-state index in [0.29, 0.717) is 11.2 Å². The van der Waals surface area contributed by atoms with Crippen molar-refractivity contribution in [2.75, 3.05) is 11.9 Å². The van der Waals surface area contributed by atoms with Gasteiger partial charge in [-0.2, -0.15) is 17.7 Å². The first-order valence-electron chi connectivity index (χ1n) is 7.02. The quantitative estimate of drug-likeness (QED) is 0.943. The van der Waals surface area contributed by atoms with Crippen molar-refractivity contribution in [1.82, 2.24) is 19.8 Å². The third-order valence-corrected chi connectivity index (χ3v) is 4.47. The second-order valence-corrected chi connectivity index (χ2v) is 6.00. The largest absolute Gasteiger partial charge is 0.453 e. The zero-order chi connectivity index (χ0) is 14.7. The number of nitrogens with one attached hydrogen (secondary N) is 1. The minimum Gasteiger partial charge on any atom is -0.368 e. The highest BCUT2D eigenvalue weighted by Crippen LogP contribution is 2.61. The normalized spacial score (nSPS) is 20.7. The molecule has 2 aromatic rings. The maximum atomic E-state index is 12.8. The van der Waals surface area contributed by atoms with Crippen molar-refractivity contribution in [1.29, 1.82) is 0 Å². The lowest BCUT2D eigenvalue weighted by molar-refractivity contribution is -0.146. The summed E-state index contributed by atoms with van der Waals surface area (Å²) in [6.07, 6.45) is 0.396. The van der Waals surface area contributed by atoms with E-state index in [-0.39, 0.29) is 5.65 Å². The van der Waals surface area contributed by atoms with Crippen LogP contribution in [0.15, 0.2) is 12.1 Å². The maximum absolute atomic E-state index is 12.8. The van der Waals surface area contributed by atoms with Crippen LogP contribution in [0.2, 0.25) is 0 Å². The number of anilines is 1. The fourth-order valence-corrected chi connectivity index (χ4v) is 2.91. The van der Waals surface area contributed by atoms with Crippen LogP contribution in [-0.2, 0) is 6.18 Å². The number of alkyl halides is 3. The molecule has 0 bridgehead atoms. The summed E-state index contributed by atoms with van der Waals surface area (Å²) < 4.78 is 39.1. The maximum Gasteiger partial charge on any atom is 0.453 e. The summed E-state index contributed by atoms with van der Waals surface area (Å²) >= 11 is 0. The minimum atomic E-state index is -4.56. The molecule has 0 aliphatic heterocycles. The molecule has 0 unspecified atom stereocenters. The Kier molecular flexibility index (Phi) is 2.50. The van der Waals surface area contributed by atoms with E-state index in [9.17, 15) is 13.2 Å². The van der Waals surface area contributed by atoms with Gasteiger partial charge in [0.1, 0.15) is 5.82 Å². The van der Waals surface area contributed by atoms with Crippen LogP contribution in [0, 0.1) is 11.3 Å². The van der Waals surface area contributed by atoms with Crippen LogP contribution in [0.1, 0.15) is 31.5 Å². The Hall–Kier alpha value is -1.86. The average molecular weight is 297 g/mol. The summed E-state index contributed by atoms with van der Waals surface area (Å²) in [5.41, 5.74) is 0.452. The van der Waals surface area contributed by atoms with Crippen LogP contribution in [-0.4, -0.2) is 26.4 Å². The number of hydrogen-bond donors (Lipinski definition) is 1. The first-order chi connectivity index (χ1) is 9.98. The lowest BCUT2D eigenvalue weighted by Gasteiger charge is -2.15. The molecule has 5 nitrogen and oxygen atoms in total. The van der Waals surface area contributed by atoms with Gasteiger partial charge >= 0.3 is 6.18 Å². The molecule has 2 saturated carbocycles. The van der Waals surface area contributed by atoms with Gasteiger partial charge in [-0.15, -0.1) is 15.3 Å². The molecule has 2 aromatic heterocycles. The second-order valence-electron chi connectivity index (χ2n) is 6.00. The lowest BCUT2D eigenvalue weighted by Crippen LogP contribution is -2.19. The summed E-state index contributed by atoms with van der Waals surface area (Å²) in [5.74, 6) is 0.124. The second kappa shape index (κ2) is 4.08. The highest BCUT2D eigenvalue weighted by molar-refractivity contribution is 5.44. The summed E-state index contributed by atoms with van der Waals surface area (Å²) in [6.45, 7) is 0.777. The van der Waals surface area contributed by atoms with Gasteiger partial charge in [-0.05, 0) is 49.1 Å². The Morgan fingerprint density at radius 2 is 2.00 bits per heavy atom. The molecule has 2 heterocycles. The number of halogens is 3. The van der Waals surface area contributed by atoms with Gasteiger partial charge in [-0.3, -0.25) is 0 Å². The van der Waals surface area contributed by atoms with Crippen LogP contribution < -0.4 is 5.32 Å². The molecule has 0 radical (unpaired) electrons. The standard InChI is InChI=1S/C13H14F3N5/c14-13(15,16)11-19-18-10-4-3-9(20-21(10)11)17-7-12(5-6-12)8-1-2-8/h3-4,8H,1-2,5-7H2,(H,17,20). The van der Waals surface area contributed by atoms with Gasteiger partial charge in [0, 0.05) is 6.54 Å². The number of fused-ring (bicyclic) bond motifs is 1. The molecule has 21 heavy (non-hydrogen) atoms. The van der Waals surface area contributed by atoms with Gasteiger partial charge in [0.2, 0.25) is 0 Å². The molecule has 8 heteroatoms. The third-order valence-electron chi connectivity index (χ3n) is 4.47. The predicted octanol–water partition coefficient (Wildman–Crippen LogP) is 2.75. The van der Waals surface area contributed by atoms with Crippen molar-refractivity contribution in [3.63, 3.8) is 0 Å². The van der Waals surface area contributed by atoms with E-state index in [1.54, 1.807) is 6.07 Å². The van der Waals surface area contributed by atoms with Crippen LogP contribution in [0.5, 0.6) is 0 Å². The van der Waals surface area contributed by atoms with Gasteiger partial charge in [-0.25, -0.2) is 0 Å². The molecular formula is C13H14F3N5. The molecule has 2 fully saturated rings. The lowest BCUT2D eigenvalue weighted by atomic mass is 10.0. The smallest absolute Gasteiger partial charge is 0.368 e. The first-order valence-corrected chi connectivity index (χ1v) is 7.02. The molecule has 2 aliphatic carbocycles. The van der Waals surface area contributed by atoms with Crippen LogP contribution in [0.25, 0.3) is 5.65 Å². The van der Waals surface area contributed by atoms with E-state index in [1.807, 2.05) is 0 Å². The van der Waals surface area contributed by atoms with E-state index < -0.39 is 12.0 Å². The van der Waals surface area contributed by atoms with Crippen molar-refractivity contribution in [2.24, 2.45) is 11.3 Å². The van der Waals surface area contributed by atoms with Crippen molar-refractivity contribution >= 4 is 11.5 Å². The Balaban J connectivity index is 1.58. The Morgan fingerprint density at radius 1 is 1.24 bits per heavy atom. The zero-order valence-corrected chi connectivity index (χ0v) is 11.2. The van der Waals surface area contributed by atoms with E-state index in [0.717, 1.165) is 17.0 Å². The molecular weight excluding hydrogens is 283 g/mol. The van der Waals surface area contributed by atoms with Crippen molar-refractivity contribution in [3.8, 4) is 0 Å². The molecule has 1 N–H and O–H groups in total. The van der Waals surface area contributed by atoms with Crippen LogP contribution >= 0.6 is 0 Å². The fraction of sp³-hybridized carbons (Fsp3) is 0.615. The molecule has 2 aliphatic rings. The molecule has 0 aromatic carbocycles. The van der Waals surface area contributed by atoms with E-state index >= 15 is 0 Å². The highest BCUT2D eigenvalue weighted by atomic mass is 19.4. The van der Waals surface area contributed by atoms with Gasteiger partial charge in [0.05, 0.1) is 0 Å². The third kappa shape index (κ3) is 2.22. The fourth-order valence-electron chi connectivity index (χ4n) is 2.91. The minimum absolute atomic E-state index is 0.0937. The predicted molar refractivity (Wildman–Crippen MR) is 68.7 cm³/mol. The van der Waals surface area contributed by atoms with Crippen molar-refractivity contribution in [2.45, 2.75) is 31.9 Å². The Labute approximate surface area is 118 Å². The summed E-state index contributed by atoms with van der Waals surface area (Å²) in [7, 11) is 0. The summed E-state index contributed by atoms with van der Waals surface area (Å²) in [4.78, 5) is 0. The molecule has 0 saturated heterocycles. The SMILES string of the molecule is FC(F)(F)c1nnc2ccc(NCC3(C4CC4)CC3)nn12. The van der Waals surface area contributed by atoms with Gasteiger partial charge < -0.3 is 5.32 Å².